The number of ether oxygens (including phenoxy) is 2. The minimum atomic E-state index is -4.61. The number of aromatic nitrogens is 2. The molecule has 17 heteroatoms. The van der Waals surface area contributed by atoms with Crippen LogP contribution in [0.2, 0.25) is 0 Å². The maximum atomic E-state index is 14.7. The summed E-state index contributed by atoms with van der Waals surface area (Å²) < 4.78 is 43.0. The number of amides is 1. The van der Waals surface area contributed by atoms with Crippen LogP contribution in [0.4, 0.5) is 28.4 Å². The van der Waals surface area contributed by atoms with Crippen molar-refractivity contribution in [3.8, 4) is 5.88 Å². The first-order valence-electron chi connectivity index (χ1n) is 24.7. The number of sulfonamides is 1. The van der Waals surface area contributed by atoms with Crippen molar-refractivity contribution >= 4 is 55.4 Å². The number of benzene rings is 3. The Labute approximate surface area is 403 Å². The van der Waals surface area contributed by atoms with Crippen LogP contribution in [-0.4, -0.2) is 102 Å². The van der Waals surface area contributed by atoms with Gasteiger partial charge in [-0.3, -0.25) is 19.8 Å². The molecular formula is C52H62N8O8S. The number of anilines is 4. The zero-order chi connectivity index (χ0) is 47.8. The number of hydrogen-bond acceptors (Lipinski definition) is 13. The van der Waals surface area contributed by atoms with Crippen molar-refractivity contribution in [2.45, 2.75) is 126 Å². The number of pyridine rings is 1. The maximum Gasteiger partial charge on any atom is 0.293 e. The quantitative estimate of drug-likeness (QED) is 0.0727. The molecule has 11 rings (SSSR count). The summed E-state index contributed by atoms with van der Waals surface area (Å²) in [5.74, 6) is -0.315. The minimum Gasteiger partial charge on any atom is -0.468 e. The van der Waals surface area contributed by atoms with Gasteiger partial charge in [0.25, 0.3) is 21.6 Å². The summed E-state index contributed by atoms with van der Waals surface area (Å²) in [6.07, 6.45) is 11.1. The van der Waals surface area contributed by atoms with Gasteiger partial charge in [-0.15, -0.1) is 0 Å². The second-order valence-electron chi connectivity index (χ2n) is 21.1. The van der Waals surface area contributed by atoms with Gasteiger partial charge in [0.15, 0.2) is 0 Å². The van der Waals surface area contributed by atoms with E-state index in [4.69, 9.17) is 14.5 Å². The van der Waals surface area contributed by atoms with Crippen molar-refractivity contribution < 1.29 is 32.7 Å². The third-order valence-corrected chi connectivity index (χ3v) is 17.7. The van der Waals surface area contributed by atoms with Gasteiger partial charge in [0.1, 0.15) is 23.1 Å². The molecule has 2 aliphatic carbocycles. The molecule has 3 aromatic carbocycles. The fraction of sp³-hybridized carbons (Fsp3) is 0.500. The number of H-pyrrole nitrogens is 1. The number of likely N-dealkylation sites (tertiary alicyclic amines) is 1. The molecule has 5 aromatic rings. The standard InChI is InChI=1S/C52H62N8O8S/c1-32-7-4-5-8-39(32)42-9-6-21-58(42)37-27-52(28-37)19-22-57(33(2)26-52)36-10-12-40(43(24-36)59-45-23-35-16-20-53-48(35)55-50(45)68-47-31-67-30-46(47)59)49(61)56-69(65,66)38-11-13-41(44(25-38)60(63)64)54-29-34-14-17-51(3,62)18-15-34/h4-5,7-8,10-13,16,20,23-25,33-34,37,42,46-47,54,62H,6,9,14-15,17-19,21-22,26-31H2,1-3H3,(H,53,55)(H,56,61)/t33-,34?,37?,42+,46-,47-,51?,52?/m1/s1. The normalized spacial score (nSPS) is 29.0. The number of carbonyl (C=O) groups excluding carboxylic acids is 1. The average molecular weight is 959 g/mol. The summed E-state index contributed by atoms with van der Waals surface area (Å²) >= 11 is 0. The SMILES string of the molecule is Cc1ccccc1[C@@H]1CCCN1C1CC2(CCN(c3ccc(C(=O)NS(=O)(=O)c4ccc(NCC5CCC(C)(O)CC5)c([N+](=O)[O-])c4)c(N4c5cc6cc[nH]c6nc5O[C@@H]5COC[C@H]54)c3)[C@H](C)C2)C1. The van der Waals surface area contributed by atoms with E-state index in [9.17, 15) is 28.4 Å². The lowest BCUT2D eigenvalue weighted by molar-refractivity contribution is -0.384. The molecule has 1 amide bonds. The first kappa shape index (κ1) is 45.7. The van der Waals surface area contributed by atoms with Crippen LogP contribution in [-0.2, 0) is 14.8 Å². The summed E-state index contributed by atoms with van der Waals surface area (Å²) in [6, 6.07) is 22.8. The van der Waals surface area contributed by atoms with Crippen LogP contribution in [0.5, 0.6) is 5.88 Å². The summed E-state index contributed by atoms with van der Waals surface area (Å²) in [7, 11) is -4.61. The smallest absolute Gasteiger partial charge is 0.293 e. The van der Waals surface area contributed by atoms with Gasteiger partial charge in [-0.25, -0.2) is 13.1 Å². The van der Waals surface area contributed by atoms with Crippen LogP contribution in [0.3, 0.4) is 0 Å². The third kappa shape index (κ3) is 8.58. The van der Waals surface area contributed by atoms with Crippen LogP contribution >= 0.6 is 0 Å². The van der Waals surface area contributed by atoms with Gasteiger partial charge in [0, 0.05) is 54.6 Å². The fourth-order valence-electron chi connectivity index (χ4n) is 12.6. The van der Waals surface area contributed by atoms with Crippen molar-refractivity contribution in [2.24, 2.45) is 11.3 Å². The highest BCUT2D eigenvalue weighted by Gasteiger charge is 2.52. The number of aliphatic hydroxyl groups is 1. The molecule has 16 nitrogen and oxygen atoms in total. The van der Waals surface area contributed by atoms with Gasteiger partial charge in [0.05, 0.1) is 45.9 Å². The molecule has 364 valence electrons. The lowest BCUT2D eigenvalue weighted by Gasteiger charge is -2.57. The van der Waals surface area contributed by atoms with E-state index in [1.165, 1.54) is 48.9 Å². The Kier molecular flexibility index (Phi) is 11.6. The van der Waals surface area contributed by atoms with Gasteiger partial charge >= 0.3 is 0 Å². The first-order valence-corrected chi connectivity index (χ1v) is 26.2. The zero-order valence-electron chi connectivity index (χ0n) is 39.5. The Hall–Kier alpha value is -5.75. The number of aromatic amines is 1. The number of nitro benzene ring substituents is 1. The first-order chi connectivity index (χ1) is 33.1. The highest BCUT2D eigenvalue weighted by molar-refractivity contribution is 7.90. The van der Waals surface area contributed by atoms with Crippen molar-refractivity contribution in [1.82, 2.24) is 19.6 Å². The molecule has 3 saturated heterocycles. The molecule has 5 fully saturated rings. The van der Waals surface area contributed by atoms with Crippen molar-refractivity contribution in [3.05, 3.63) is 106 Å². The van der Waals surface area contributed by atoms with E-state index >= 15 is 0 Å². The number of nitrogens with one attached hydrogen (secondary N) is 3. The van der Waals surface area contributed by atoms with Crippen LogP contribution < -0.4 is 24.6 Å². The predicted molar refractivity (Wildman–Crippen MR) is 264 cm³/mol. The van der Waals surface area contributed by atoms with Crippen molar-refractivity contribution in [2.75, 3.05) is 48.0 Å². The van der Waals surface area contributed by atoms with Crippen LogP contribution in [0.15, 0.2) is 83.9 Å². The summed E-state index contributed by atoms with van der Waals surface area (Å²) in [4.78, 5) is 41.2. The molecule has 6 aliphatic rings. The molecule has 0 radical (unpaired) electrons. The highest BCUT2D eigenvalue weighted by Crippen LogP contribution is 2.56. The van der Waals surface area contributed by atoms with E-state index in [0.717, 1.165) is 55.9 Å². The number of fused-ring (bicyclic) bond motifs is 3. The van der Waals surface area contributed by atoms with Crippen molar-refractivity contribution in [3.63, 3.8) is 0 Å². The Bertz CT molecular complexity index is 2910. The Morgan fingerprint density at radius 3 is 2.58 bits per heavy atom. The second kappa shape index (κ2) is 17.6. The molecule has 4 N–H and O–H groups in total. The molecule has 4 aliphatic heterocycles. The van der Waals surface area contributed by atoms with Gasteiger partial charge in [-0.1, -0.05) is 24.3 Å². The molecule has 6 heterocycles. The minimum absolute atomic E-state index is 0.103. The van der Waals surface area contributed by atoms with Crippen LogP contribution in [0.1, 0.15) is 106 Å². The number of rotatable bonds is 11. The number of nitrogens with zero attached hydrogens (tertiary/aromatic N) is 5. The molecule has 69 heavy (non-hydrogen) atoms. The van der Waals surface area contributed by atoms with Gasteiger partial charge in [-0.2, -0.15) is 4.98 Å². The number of aryl methyl sites for hydroxylation is 1. The second-order valence-corrected chi connectivity index (χ2v) is 22.7. The maximum absolute atomic E-state index is 14.7. The lowest BCUT2D eigenvalue weighted by atomic mass is 9.58. The number of carbonyl (C=O) groups is 1. The fourth-order valence-corrected chi connectivity index (χ4v) is 13.6. The lowest BCUT2D eigenvalue weighted by Crippen LogP contribution is -2.57. The largest absolute Gasteiger partial charge is 0.468 e. The number of nitro groups is 1. The Morgan fingerprint density at radius 1 is 0.986 bits per heavy atom. The molecule has 2 saturated carbocycles. The molecule has 1 spiro atoms. The summed E-state index contributed by atoms with van der Waals surface area (Å²) in [5, 5.41) is 26.7. The van der Waals surface area contributed by atoms with E-state index in [1.54, 1.807) is 12.3 Å². The number of hydrogen-bond donors (Lipinski definition) is 4. The number of piperidine rings is 1. The monoisotopic (exact) mass is 958 g/mol. The van der Waals surface area contributed by atoms with Crippen LogP contribution in [0, 0.1) is 28.4 Å². The summed E-state index contributed by atoms with van der Waals surface area (Å²) in [6.45, 7) is 9.36. The highest BCUT2D eigenvalue weighted by atomic mass is 32.2. The Morgan fingerprint density at radius 2 is 1.80 bits per heavy atom. The average Bonchev–Trinajstić information content (AvgIpc) is 4.10. The van der Waals surface area contributed by atoms with E-state index in [0.29, 0.717) is 67.6 Å². The third-order valence-electron chi connectivity index (χ3n) is 16.4. The molecule has 0 unspecified atom stereocenters. The van der Waals surface area contributed by atoms with Gasteiger partial charge in [-0.05, 0) is 156 Å². The Balaban J connectivity index is 0.874. The van der Waals surface area contributed by atoms with Crippen LogP contribution in [0.25, 0.3) is 11.0 Å². The topological polar surface area (TPSA) is 196 Å². The van der Waals surface area contributed by atoms with E-state index in [2.05, 4.69) is 62.9 Å². The molecule has 0 bridgehead atoms. The van der Waals surface area contributed by atoms with E-state index in [1.807, 2.05) is 36.1 Å². The van der Waals surface area contributed by atoms with Crippen molar-refractivity contribution in [1.29, 1.82) is 0 Å². The predicted octanol–water partition coefficient (Wildman–Crippen LogP) is 8.52. The van der Waals surface area contributed by atoms with E-state index in [-0.39, 0.29) is 34.7 Å². The van der Waals surface area contributed by atoms with E-state index < -0.39 is 43.1 Å². The van der Waals surface area contributed by atoms with Gasteiger partial charge in [0.2, 0.25) is 5.88 Å². The zero-order valence-corrected chi connectivity index (χ0v) is 40.3. The molecule has 4 atom stereocenters. The summed E-state index contributed by atoms with van der Waals surface area (Å²) in [5.41, 5.74) is 4.91. The van der Waals surface area contributed by atoms with Gasteiger partial charge < -0.3 is 34.7 Å². The molecular weight excluding hydrogens is 897 g/mol. The molecule has 2 aromatic heterocycles.